The number of nitrogens with zero attached hydrogens (tertiary/aromatic N) is 1. The van der Waals surface area contributed by atoms with Gasteiger partial charge in [-0.25, -0.2) is 16.8 Å². The molecule has 6 nitrogen and oxygen atoms in total. The number of hydrogen-bond acceptors (Lipinski definition) is 5. The molecule has 0 aromatic heterocycles. The van der Waals surface area contributed by atoms with Crippen molar-refractivity contribution in [3.05, 3.63) is 11.5 Å². The Balaban J connectivity index is 2.09. The summed E-state index contributed by atoms with van der Waals surface area (Å²) in [6, 6.07) is -0.385. The highest BCUT2D eigenvalue weighted by Gasteiger charge is 2.36. The standard InChI is InChI=1S/C13H22N2O4S3/c1-3-10(2)15(12-5-7-22(18,19)9-12)13(20)14-11-4-6-21(16,17)8-11/h4,6,10-12H,3,5,7-9H2,1-2H3,(H,14,20). The maximum absolute atomic E-state index is 11.7. The van der Waals surface area contributed by atoms with Gasteiger partial charge in [-0.1, -0.05) is 6.92 Å². The lowest BCUT2D eigenvalue weighted by Gasteiger charge is -2.36. The molecule has 3 atom stereocenters. The van der Waals surface area contributed by atoms with E-state index in [1.807, 2.05) is 18.7 Å². The predicted octanol–water partition coefficient (Wildman–Crippen LogP) is 0.459. The van der Waals surface area contributed by atoms with Crippen molar-refractivity contribution in [2.75, 3.05) is 17.3 Å². The van der Waals surface area contributed by atoms with Crippen LogP contribution in [-0.4, -0.2) is 62.2 Å². The fourth-order valence-corrected chi connectivity index (χ4v) is 6.24. The summed E-state index contributed by atoms with van der Waals surface area (Å²) in [7, 11) is -6.15. The van der Waals surface area contributed by atoms with Gasteiger partial charge in [0.15, 0.2) is 24.8 Å². The highest BCUT2D eigenvalue weighted by atomic mass is 32.2. The highest BCUT2D eigenvalue weighted by molar-refractivity contribution is 7.94. The van der Waals surface area contributed by atoms with Crippen molar-refractivity contribution < 1.29 is 16.8 Å². The normalized spacial score (nSPS) is 30.1. The molecule has 22 heavy (non-hydrogen) atoms. The summed E-state index contributed by atoms with van der Waals surface area (Å²) in [5.41, 5.74) is 0. The molecule has 2 heterocycles. The average molecular weight is 367 g/mol. The van der Waals surface area contributed by atoms with E-state index in [0.717, 1.165) is 6.42 Å². The molecule has 3 unspecified atom stereocenters. The fraction of sp³-hybridized carbons (Fsp3) is 0.769. The first-order valence-electron chi connectivity index (χ1n) is 7.34. The fourth-order valence-electron chi connectivity index (χ4n) is 2.82. The van der Waals surface area contributed by atoms with Crippen molar-refractivity contribution in [2.24, 2.45) is 0 Å². The monoisotopic (exact) mass is 366 g/mol. The Morgan fingerprint density at radius 2 is 2.05 bits per heavy atom. The minimum absolute atomic E-state index is 0.00947. The third-order valence-corrected chi connectivity index (χ3v) is 7.62. The van der Waals surface area contributed by atoms with E-state index in [1.54, 1.807) is 6.08 Å². The van der Waals surface area contributed by atoms with Crippen LogP contribution in [0.15, 0.2) is 11.5 Å². The molecule has 1 N–H and O–H groups in total. The van der Waals surface area contributed by atoms with Gasteiger partial charge in [0.2, 0.25) is 0 Å². The van der Waals surface area contributed by atoms with Gasteiger partial charge in [-0.2, -0.15) is 0 Å². The number of hydrogen-bond donors (Lipinski definition) is 1. The minimum atomic E-state index is -3.15. The van der Waals surface area contributed by atoms with Crippen LogP contribution in [0, 0.1) is 0 Å². The van der Waals surface area contributed by atoms with Crippen LogP contribution in [0.5, 0.6) is 0 Å². The summed E-state index contributed by atoms with van der Waals surface area (Å²) in [4.78, 5) is 1.93. The van der Waals surface area contributed by atoms with Gasteiger partial charge in [0.05, 0.1) is 23.3 Å². The van der Waals surface area contributed by atoms with Crippen LogP contribution in [0.4, 0.5) is 0 Å². The van der Waals surface area contributed by atoms with Crippen LogP contribution < -0.4 is 5.32 Å². The van der Waals surface area contributed by atoms with Crippen molar-refractivity contribution in [3.8, 4) is 0 Å². The van der Waals surface area contributed by atoms with E-state index < -0.39 is 19.7 Å². The largest absolute Gasteiger partial charge is 0.355 e. The summed E-state index contributed by atoms with van der Waals surface area (Å²) >= 11 is 5.43. The second kappa shape index (κ2) is 6.45. The van der Waals surface area contributed by atoms with Gasteiger partial charge in [0.25, 0.3) is 0 Å². The topological polar surface area (TPSA) is 83.6 Å². The first-order valence-corrected chi connectivity index (χ1v) is 11.3. The number of sulfone groups is 2. The maximum atomic E-state index is 11.7. The van der Waals surface area contributed by atoms with Gasteiger partial charge in [0.1, 0.15) is 0 Å². The molecule has 9 heteroatoms. The molecule has 0 spiro atoms. The molecule has 1 saturated heterocycles. The van der Waals surface area contributed by atoms with Gasteiger partial charge in [-0.3, -0.25) is 0 Å². The SMILES string of the molecule is CCC(C)N(C(=S)NC1C=CS(=O)(=O)C1)C1CCS(=O)(=O)C1. The molecule has 0 bridgehead atoms. The van der Waals surface area contributed by atoms with Gasteiger partial charge in [-0.05, 0) is 38.1 Å². The first kappa shape index (κ1) is 17.7. The molecule has 2 rings (SSSR count). The Morgan fingerprint density at radius 1 is 1.36 bits per heavy atom. The van der Waals surface area contributed by atoms with Crippen molar-refractivity contribution in [2.45, 2.75) is 44.8 Å². The van der Waals surface area contributed by atoms with Crippen LogP contribution >= 0.6 is 12.2 Å². The van der Waals surface area contributed by atoms with Crippen molar-refractivity contribution in [1.82, 2.24) is 10.2 Å². The van der Waals surface area contributed by atoms with E-state index in [4.69, 9.17) is 12.2 Å². The molecule has 1 fully saturated rings. The summed E-state index contributed by atoms with van der Waals surface area (Å²) in [6.07, 6.45) is 2.98. The van der Waals surface area contributed by atoms with E-state index in [0.29, 0.717) is 11.5 Å². The zero-order valence-corrected chi connectivity index (χ0v) is 15.2. The molecule has 2 aliphatic heterocycles. The van der Waals surface area contributed by atoms with Gasteiger partial charge in [-0.15, -0.1) is 0 Å². The Hall–Kier alpha value is -0.670. The van der Waals surface area contributed by atoms with E-state index in [9.17, 15) is 16.8 Å². The molecule has 0 saturated carbocycles. The van der Waals surface area contributed by atoms with E-state index in [2.05, 4.69) is 5.32 Å². The predicted molar refractivity (Wildman–Crippen MR) is 91.1 cm³/mol. The molecule has 0 radical (unpaired) electrons. The van der Waals surface area contributed by atoms with Gasteiger partial charge >= 0.3 is 0 Å². The zero-order chi connectivity index (χ0) is 16.5. The van der Waals surface area contributed by atoms with Crippen LogP contribution in [0.3, 0.4) is 0 Å². The Bertz CT molecular complexity index is 669. The smallest absolute Gasteiger partial charge is 0.173 e. The van der Waals surface area contributed by atoms with Crippen molar-refractivity contribution in [3.63, 3.8) is 0 Å². The number of nitrogens with one attached hydrogen (secondary N) is 1. The molecule has 0 aromatic rings. The van der Waals surface area contributed by atoms with Crippen LogP contribution in [0.2, 0.25) is 0 Å². The van der Waals surface area contributed by atoms with Crippen LogP contribution in [-0.2, 0) is 19.7 Å². The average Bonchev–Trinajstić information content (AvgIpc) is 2.92. The summed E-state index contributed by atoms with van der Waals surface area (Å²) in [6.45, 7) is 4.02. The third-order valence-electron chi connectivity index (χ3n) is 4.14. The summed E-state index contributed by atoms with van der Waals surface area (Å²) < 4.78 is 46.4. The van der Waals surface area contributed by atoms with Crippen LogP contribution in [0.1, 0.15) is 26.7 Å². The molecular weight excluding hydrogens is 344 g/mol. The molecule has 0 aromatic carbocycles. The van der Waals surface area contributed by atoms with Crippen molar-refractivity contribution >= 4 is 37.0 Å². The maximum Gasteiger partial charge on any atom is 0.173 e. The number of rotatable bonds is 4. The lowest BCUT2D eigenvalue weighted by Crippen LogP contribution is -2.53. The molecule has 0 amide bonds. The molecule has 0 aliphatic carbocycles. The Kier molecular flexibility index (Phi) is 5.18. The zero-order valence-electron chi connectivity index (χ0n) is 12.7. The second-order valence-electron chi connectivity index (χ2n) is 5.94. The molecule has 2 aliphatic rings. The third kappa shape index (κ3) is 4.20. The Morgan fingerprint density at radius 3 is 2.50 bits per heavy atom. The quantitative estimate of drug-likeness (QED) is 0.724. The van der Waals surface area contributed by atoms with Gasteiger partial charge < -0.3 is 10.2 Å². The lowest BCUT2D eigenvalue weighted by atomic mass is 10.1. The Labute approximate surface area is 137 Å². The van der Waals surface area contributed by atoms with E-state index in [1.165, 1.54) is 5.41 Å². The number of thiocarbonyl (C=S) groups is 1. The molecular formula is C13H22N2O4S3. The van der Waals surface area contributed by atoms with Crippen molar-refractivity contribution in [1.29, 1.82) is 0 Å². The summed E-state index contributed by atoms with van der Waals surface area (Å²) in [5, 5.41) is 4.68. The van der Waals surface area contributed by atoms with E-state index >= 15 is 0 Å². The second-order valence-corrected chi connectivity index (χ2v) is 10.5. The first-order chi connectivity index (χ1) is 10.1. The van der Waals surface area contributed by atoms with E-state index in [-0.39, 0.29) is 35.4 Å². The highest BCUT2D eigenvalue weighted by Crippen LogP contribution is 2.22. The summed E-state index contributed by atoms with van der Waals surface area (Å²) in [5.74, 6) is 0.285. The van der Waals surface area contributed by atoms with Crippen LogP contribution in [0.25, 0.3) is 0 Å². The lowest BCUT2D eigenvalue weighted by molar-refractivity contribution is 0.255. The van der Waals surface area contributed by atoms with Gasteiger partial charge in [0, 0.05) is 17.5 Å². The minimum Gasteiger partial charge on any atom is -0.355 e. The molecule has 126 valence electrons.